The summed E-state index contributed by atoms with van der Waals surface area (Å²) in [5.41, 5.74) is 1.15. The van der Waals surface area contributed by atoms with E-state index in [1.807, 2.05) is 0 Å². The Morgan fingerprint density at radius 1 is 1.26 bits per heavy atom. The fourth-order valence-corrected chi connectivity index (χ4v) is 2.85. The van der Waals surface area contributed by atoms with E-state index in [0.29, 0.717) is 35.2 Å². The van der Waals surface area contributed by atoms with E-state index in [2.05, 4.69) is 20.6 Å². The van der Waals surface area contributed by atoms with Gasteiger partial charge in [-0.2, -0.15) is 0 Å². The van der Waals surface area contributed by atoms with E-state index >= 15 is 0 Å². The maximum absolute atomic E-state index is 13.5. The van der Waals surface area contributed by atoms with E-state index < -0.39 is 17.7 Å². The van der Waals surface area contributed by atoms with Gasteiger partial charge < -0.3 is 15.4 Å². The lowest BCUT2D eigenvalue weighted by molar-refractivity contribution is 0.107. The Hall–Kier alpha value is -1.99. The Morgan fingerprint density at radius 2 is 2.09 bits per heavy atom. The number of nitrogens with one attached hydrogen (secondary N) is 2. The quantitative estimate of drug-likeness (QED) is 0.835. The zero-order chi connectivity index (χ0) is 16.4. The number of ether oxygens (including phenoxy) is 1. The Balaban J connectivity index is 1.85. The highest BCUT2D eigenvalue weighted by molar-refractivity contribution is 6.32. The van der Waals surface area contributed by atoms with Crippen molar-refractivity contribution in [3.8, 4) is 0 Å². The first-order chi connectivity index (χ1) is 11.1. The summed E-state index contributed by atoms with van der Waals surface area (Å²) in [6, 6.07) is 3.64. The van der Waals surface area contributed by atoms with Crippen LogP contribution in [0.5, 0.6) is 0 Å². The van der Waals surface area contributed by atoms with Crippen LogP contribution in [0.2, 0.25) is 5.15 Å². The fraction of sp³-hybridized carbons (Fsp3) is 0.333. The molecule has 1 aliphatic heterocycles. The third-order valence-corrected chi connectivity index (χ3v) is 4.02. The maximum atomic E-state index is 13.5. The van der Waals surface area contributed by atoms with Crippen molar-refractivity contribution in [3.05, 3.63) is 46.9 Å². The van der Waals surface area contributed by atoms with Crippen LogP contribution in [0.4, 0.5) is 20.3 Å². The first-order valence-corrected chi connectivity index (χ1v) is 7.49. The molecule has 0 amide bonds. The molecule has 5 nitrogen and oxygen atoms in total. The van der Waals surface area contributed by atoms with Crippen LogP contribution in [0, 0.1) is 11.6 Å². The monoisotopic (exact) mass is 340 g/mol. The van der Waals surface area contributed by atoms with Gasteiger partial charge in [-0.15, -0.1) is 0 Å². The van der Waals surface area contributed by atoms with Gasteiger partial charge in [-0.1, -0.05) is 17.7 Å². The average Bonchev–Trinajstić information content (AvgIpc) is 2.98. The molecule has 0 saturated carbocycles. The van der Waals surface area contributed by atoms with E-state index in [0.717, 1.165) is 12.1 Å². The van der Waals surface area contributed by atoms with Crippen LogP contribution < -0.4 is 10.6 Å². The maximum Gasteiger partial charge on any atom is 0.159 e. The van der Waals surface area contributed by atoms with Gasteiger partial charge >= 0.3 is 0 Å². The minimum atomic E-state index is -0.891. The van der Waals surface area contributed by atoms with Crippen LogP contribution in [-0.2, 0) is 4.74 Å². The van der Waals surface area contributed by atoms with Gasteiger partial charge in [0, 0.05) is 13.7 Å². The average molecular weight is 341 g/mol. The molecule has 1 aromatic carbocycles. The third-order valence-electron chi connectivity index (χ3n) is 3.74. The number of anilines is 2. The number of hydrogen-bond donors (Lipinski definition) is 2. The van der Waals surface area contributed by atoms with E-state index in [-0.39, 0.29) is 6.04 Å². The lowest BCUT2D eigenvalue weighted by Gasteiger charge is -2.22. The highest BCUT2D eigenvalue weighted by atomic mass is 35.5. The van der Waals surface area contributed by atoms with Gasteiger partial charge in [-0.25, -0.2) is 18.7 Å². The smallest absolute Gasteiger partial charge is 0.159 e. The van der Waals surface area contributed by atoms with Gasteiger partial charge in [0.2, 0.25) is 0 Å². The summed E-state index contributed by atoms with van der Waals surface area (Å²) in [5.74, 6) is -1.23. The lowest BCUT2D eigenvalue weighted by Crippen LogP contribution is -2.24. The summed E-state index contributed by atoms with van der Waals surface area (Å²) < 4.78 is 32.2. The minimum absolute atomic E-state index is 0.141. The van der Waals surface area contributed by atoms with Gasteiger partial charge in [-0.3, -0.25) is 0 Å². The largest absolute Gasteiger partial charge is 0.383 e. The predicted octanol–water partition coefficient (Wildman–Crippen LogP) is 3.39. The van der Waals surface area contributed by atoms with Gasteiger partial charge in [0.25, 0.3) is 0 Å². The molecule has 0 radical (unpaired) electrons. The molecular weight excluding hydrogens is 326 g/mol. The molecule has 2 N–H and O–H groups in total. The molecule has 1 saturated heterocycles. The number of halogens is 3. The molecule has 2 heterocycles. The van der Waals surface area contributed by atoms with Crippen molar-refractivity contribution in [2.45, 2.75) is 18.6 Å². The number of benzene rings is 1. The van der Waals surface area contributed by atoms with Crippen LogP contribution in [0.25, 0.3) is 0 Å². The Kier molecular flexibility index (Phi) is 4.58. The standard InChI is InChI=1S/C15H15ClF2N4O/c1-19-12-14(16)20-7-21-15(12)22-11-4-5-23-13(11)8-2-3-9(17)10(18)6-8/h2-3,6-7,11,13,19H,4-5H2,1H3,(H,20,21,22). The van der Waals surface area contributed by atoms with Crippen molar-refractivity contribution in [1.82, 2.24) is 9.97 Å². The van der Waals surface area contributed by atoms with E-state index in [4.69, 9.17) is 16.3 Å². The van der Waals surface area contributed by atoms with Gasteiger partial charge in [0.1, 0.15) is 18.1 Å². The molecule has 3 rings (SSSR count). The normalized spacial score (nSPS) is 20.5. The summed E-state index contributed by atoms with van der Waals surface area (Å²) >= 11 is 6.03. The van der Waals surface area contributed by atoms with Crippen LogP contribution in [0.1, 0.15) is 18.1 Å². The molecule has 1 aliphatic rings. The predicted molar refractivity (Wildman–Crippen MR) is 83.7 cm³/mol. The molecular formula is C15H15ClF2N4O. The van der Waals surface area contributed by atoms with E-state index in [9.17, 15) is 8.78 Å². The fourth-order valence-electron chi connectivity index (χ4n) is 2.63. The van der Waals surface area contributed by atoms with Crippen LogP contribution >= 0.6 is 11.6 Å². The van der Waals surface area contributed by atoms with Crippen molar-refractivity contribution in [2.75, 3.05) is 24.3 Å². The number of hydrogen-bond acceptors (Lipinski definition) is 5. The highest BCUT2D eigenvalue weighted by Crippen LogP contribution is 2.34. The second-order valence-corrected chi connectivity index (χ2v) is 5.50. The Morgan fingerprint density at radius 3 is 2.83 bits per heavy atom. The van der Waals surface area contributed by atoms with Gasteiger partial charge in [0.05, 0.1) is 6.04 Å². The first kappa shape index (κ1) is 15.9. The van der Waals surface area contributed by atoms with Crippen LogP contribution in [0.3, 0.4) is 0 Å². The SMILES string of the molecule is CNc1c(Cl)ncnc1NC1CCOC1c1ccc(F)c(F)c1. The summed E-state index contributed by atoms with van der Waals surface area (Å²) in [6.07, 6.45) is 1.66. The molecule has 0 aliphatic carbocycles. The second kappa shape index (κ2) is 6.64. The Labute approximate surface area is 137 Å². The molecule has 122 valence electrons. The van der Waals surface area contributed by atoms with Crippen molar-refractivity contribution >= 4 is 23.1 Å². The summed E-state index contributed by atoms with van der Waals surface area (Å²) in [4.78, 5) is 8.09. The lowest BCUT2D eigenvalue weighted by atomic mass is 10.0. The molecule has 8 heteroatoms. The highest BCUT2D eigenvalue weighted by Gasteiger charge is 2.31. The molecule has 23 heavy (non-hydrogen) atoms. The van der Waals surface area contributed by atoms with Crippen LogP contribution in [-0.4, -0.2) is 29.7 Å². The zero-order valence-corrected chi connectivity index (χ0v) is 13.1. The minimum Gasteiger partial charge on any atom is -0.383 e. The third kappa shape index (κ3) is 3.20. The molecule has 1 aromatic heterocycles. The molecule has 2 unspecified atom stereocenters. The first-order valence-electron chi connectivity index (χ1n) is 7.11. The molecule has 1 fully saturated rings. The second-order valence-electron chi connectivity index (χ2n) is 5.14. The van der Waals surface area contributed by atoms with Crippen molar-refractivity contribution in [1.29, 1.82) is 0 Å². The topological polar surface area (TPSA) is 59.1 Å². The summed E-state index contributed by atoms with van der Waals surface area (Å²) in [7, 11) is 1.72. The van der Waals surface area contributed by atoms with Crippen LogP contribution in [0.15, 0.2) is 24.5 Å². The molecule has 0 spiro atoms. The Bertz CT molecular complexity index is 716. The van der Waals surface area contributed by atoms with Gasteiger partial charge in [0.15, 0.2) is 22.6 Å². The summed E-state index contributed by atoms with van der Waals surface area (Å²) in [5, 5.41) is 6.48. The van der Waals surface area contributed by atoms with Crippen molar-refractivity contribution < 1.29 is 13.5 Å². The zero-order valence-electron chi connectivity index (χ0n) is 12.3. The van der Waals surface area contributed by atoms with Crippen molar-refractivity contribution in [3.63, 3.8) is 0 Å². The molecule has 0 bridgehead atoms. The van der Waals surface area contributed by atoms with Crippen molar-refractivity contribution in [2.24, 2.45) is 0 Å². The van der Waals surface area contributed by atoms with Gasteiger partial charge in [-0.05, 0) is 24.1 Å². The number of rotatable bonds is 4. The number of nitrogens with zero attached hydrogens (tertiary/aromatic N) is 2. The molecule has 2 atom stereocenters. The summed E-state index contributed by atoms with van der Waals surface area (Å²) in [6.45, 7) is 0.509. The van der Waals surface area contributed by atoms with E-state index in [1.54, 1.807) is 7.05 Å². The van der Waals surface area contributed by atoms with E-state index in [1.165, 1.54) is 12.4 Å². The number of aromatic nitrogens is 2. The molecule has 2 aromatic rings.